The topological polar surface area (TPSA) is 85.4 Å². The first-order valence-corrected chi connectivity index (χ1v) is 11.1. The summed E-state index contributed by atoms with van der Waals surface area (Å²) < 4.78 is 18.0. The Morgan fingerprint density at radius 2 is 1.55 bits per heavy atom. The predicted molar refractivity (Wildman–Crippen MR) is 126 cm³/mol. The third-order valence-electron chi connectivity index (χ3n) is 4.97. The SMILES string of the molecule is CCOc1cc(C=C2C(=O)N(C)C(=O)N(C)C2=O)cc(Br)c1OCCOc1ccccc1C. The Bertz CT molecular complexity index is 1090. The van der Waals surface area contributed by atoms with E-state index in [4.69, 9.17) is 14.2 Å². The van der Waals surface area contributed by atoms with E-state index in [9.17, 15) is 14.4 Å². The highest BCUT2D eigenvalue weighted by molar-refractivity contribution is 9.10. The van der Waals surface area contributed by atoms with Crippen LogP contribution in [0.3, 0.4) is 0 Å². The van der Waals surface area contributed by atoms with Crippen molar-refractivity contribution in [3.8, 4) is 17.2 Å². The number of para-hydroxylation sites is 1. The predicted octanol–water partition coefficient (Wildman–Crippen LogP) is 4.05. The normalized spacial score (nSPS) is 14.0. The number of carbonyl (C=O) groups excluding carboxylic acids is 3. The van der Waals surface area contributed by atoms with Gasteiger partial charge < -0.3 is 14.2 Å². The summed E-state index contributed by atoms with van der Waals surface area (Å²) in [6, 6.07) is 10.4. The van der Waals surface area contributed by atoms with Crippen LogP contribution in [0.15, 0.2) is 46.4 Å². The molecule has 4 amide bonds. The standard InChI is InChI=1S/C24H25BrN2O6/c1-5-31-20-14-16(12-17-22(28)26(3)24(30)27(4)23(17)29)13-18(25)21(20)33-11-10-32-19-9-7-6-8-15(19)2/h6-9,12-14H,5,10-11H2,1-4H3. The van der Waals surface area contributed by atoms with E-state index in [1.807, 2.05) is 38.1 Å². The van der Waals surface area contributed by atoms with Crippen molar-refractivity contribution in [3.05, 3.63) is 57.6 Å². The molecule has 0 atom stereocenters. The summed E-state index contributed by atoms with van der Waals surface area (Å²) in [6.45, 7) is 4.82. The zero-order chi connectivity index (χ0) is 24.1. The number of urea groups is 1. The molecule has 0 N–H and O–H groups in total. The van der Waals surface area contributed by atoms with Gasteiger partial charge in [0, 0.05) is 14.1 Å². The van der Waals surface area contributed by atoms with Crippen LogP contribution in [0.25, 0.3) is 6.08 Å². The zero-order valence-corrected chi connectivity index (χ0v) is 20.5. The van der Waals surface area contributed by atoms with Crippen LogP contribution in [0, 0.1) is 6.92 Å². The van der Waals surface area contributed by atoms with E-state index in [1.165, 1.54) is 20.2 Å². The molecule has 9 heteroatoms. The highest BCUT2D eigenvalue weighted by Gasteiger charge is 2.37. The number of likely N-dealkylation sites (N-methyl/N-ethyl adjacent to an activating group) is 2. The molecule has 0 spiro atoms. The summed E-state index contributed by atoms with van der Waals surface area (Å²) in [5.74, 6) is 0.403. The number of ether oxygens (including phenoxy) is 3. The van der Waals surface area contributed by atoms with Gasteiger partial charge >= 0.3 is 6.03 Å². The van der Waals surface area contributed by atoms with Gasteiger partial charge in [-0.05, 0) is 65.2 Å². The number of imide groups is 2. The van der Waals surface area contributed by atoms with Gasteiger partial charge in [0.15, 0.2) is 11.5 Å². The van der Waals surface area contributed by atoms with Crippen molar-refractivity contribution in [2.24, 2.45) is 0 Å². The number of hydrogen-bond acceptors (Lipinski definition) is 6. The Kier molecular flexibility index (Phi) is 7.75. The van der Waals surface area contributed by atoms with Crippen molar-refractivity contribution >= 4 is 39.9 Å². The van der Waals surface area contributed by atoms with Gasteiger partial charge in [0.25, 0.3) is 11.8 Å². The summed E-state index contributed by atoms with van der Waals surface area (Å²) in [6.07, 6.45) is 1.43. The van der Waals surface area contributed by atoms with Crippen LogP contribution in [-0.2, 0) is 9.59 Å². The molecule has 1 aliphatic heterocycles. The van der Waals surface area contributed by atoms with E-state index in [-0.39, 0.29) is 12.2 Å². The molecule has 0 aliphatic carbocycles. The molecule has 8 nitrogen and oxygen atoms in total. The first-order chi connectivity index (χ1) is 15.7. The molecule has 1 aliphatic rings. The maximum atomic E-state index is 12.5. The molecule has 174 valence electrons. The summed E-state index contributed by atoms with van der Waals surface area (Å²) in [4.78, 5) is 38.7. The van der Waals surface area contributed by atoms with Crippen molar-refractivity contribution in [1.29, 1.82) is 0 Å². The van der Waals surface area contributed by atoms with Crippen LogP contribution in [0.5, 0.6) is 17.2 Å². The Labute approximate surface area is 200 Å². The molecular weight excluding hydrogens is 492 g/mol. The van der Waals surface area contributed by atoms with Gasteiger partial charge in [0.05, 0.1) is 11.1 Å². The summed E-state index contributed by atoms with van der Waals surface area (Å²) >= 11 is 3.49. The van der Waals surface area contributed by atoms with Crippen LogP contribution in [-0.4, -0.2) is 61.6 Å². The largest absolute Gasteiger partial charge is 0.490 e. The number of benzene rings is 2. The van der Waals surface area contributed by atoms with Gasteiger partial charge in [-0.15, -0.1) is 0 Å². The Balaban J connectivity index is 1.80. The Morgan fingerprint density at radius 1 is 0.909 bits per heavy atom. The monoisotopic (exact) mass is 516 g/mol. The molecular formula is C24H25BrN2O6. The fourth-order valence-electron chi connectivity index (χ4n) is 3.23. The maximum Gasteiger partial charge on any atom is 0.333 e. The van der Waals surface area contributed by atoms with Crippen LogP contribution < -0.4 is 14.2 Å². The van der Waals surface area contributed by atoms with Gasteiger partial charge in [0.1, 0.15) is 24.5 Å². The molecule has 0 bridgehead atoms. The zero-order valence-electron chi connectivity index (χ0n) is 18.9. The Hall–Kier alpha value is -3.33. The molecule has 0 radical (unpaired) electrons. The second-order valence-electron chi connectivity index (χ2n) is 7.29. The fourth-order valence-corrected chi connectivity index (χ4v) is 3.80. The van der Waals surface area contributed by atoms with E-state index in [0.29, 0.717) is 34.7 Å². The van der Waals surface area contributed by atoms with Gasteiger partial charge in [-0.25, -0.2) is 4.79 Å². The lowest BCUT2D eigenvalue weighted by molar-refractivity contribution is -0.134. The number of hydrogen-bond donors (Lipinski definition) is 0. The molecule has 2 aromatic carbocycles. The highest BCUT2D eigenvalue weighted by atomic mass is 79.9. The van der Waals surface area contributed by atoms with E-state index < -0.39 is 17.8 Å². The van der Waals surface area contributed by atoms with E-state index in [0.717, 1.165) is 21.1 Å². The molecule has 0 unspecified atom stereocenters. The summed E-state index contributed by atoms with van der Waals surface area (Å²) in [5, 5.41) is 0. The van der Waals surface area contributed by atoms with Gasteiger partial charge in [0.2, 0.25) is 0 Å². The van der Waals surface area contributed by atoms with Crippen molar-refractivity contribution in [2.45, 2.75) is 13.8 Å². The smallest absolute Gasteiger partial charge is 0.333 e. The van der Waals surface area contributed by atoms with Gasteiger partial charge in [-0.3, -0.25) is 19.4 Å². The summed E-state index contributed by atoms with van der Waals surface area (Å²) in [7, 11) is 2.66. The molecule has 1 saturated heterocycles. The average molecular weight is 517 g/mol. The molecule has 0 aromatic heterocycles. The lowest BCUT2D eigenvalue weighted by Gasteiger charge is -2.28. The van der Waals surface area contributed by atoms with Crippen LogP contribution in [0.2, 0.25) is 0 Å². The third kappa shape index (κ3) is 5.36. The highest BCUT2D eigenvalue weighted by Crippen LogP contribution is 2.38. The summed E-state index contributed by atoms with van der Waals surface area (Å²) in [5.41, 5.74) is 1.46. The van der Waals surface area contributed by atoms with Gasteiger partial charge in [-0.1, -0.05) is 18.2 Å². The number of rotatable bonds is 8. The molecule has 1 heterocycles. The Morgan fingerprint density at radius 3 is 2.18 bits per heavy atom. The lowest BCUT2D eigenvalue weighted by atomic mass is 10.1. The van der Waals surface area contributed by atoms with Crippen molar-refractivity contribution in [2.75, 3.05) is 33.9 Å². The second-order valence-corrected chi connectivity index (χ2v) is 8.15. The van der Waals surface area contributed by atoms with Crippen LogP contribution in [0.1, 0.15) is 18.1 Å². The first-order valence-electron chi connectivity index (χ1n) is 10.3. The van der Waals surface area contributed by atoms with E-state index >= 15 is 0 Å². The number of aryl methyl sites for hydroxylation is 1. The fraction of sp³-hybridized carbons (Fsp3) is 0.292. The quantitative estimate of drug-likeness (QED) is 0.299. The minimum Gasteiger partial charge on any atom is -0.490 e. The molecule has 3 rings (SSSR count). The van der Waals surface area contributed by atoms with Crippen molar-refractivity contribution < 1.29 is 28.6 Å². The molecule has 0 saturated carbocycles. The van der Waals surface area contributed by atoms with Gasteiger partial charge in [-0.2, -0.15) is 0 Å². The van der Waals surface area contributed by atoms with Crippen molar-refractivity contribution in [1.82, 2.24) is 9.80 Å². The maximum absolute atomic E-state index is 12.5. The average Bonchev–Trinajstić information content (AvgIpc) is 2.79. The van der Waals surface area contributed by atoms with E-state index in [1.54, 1.807) is 12.1 Å². The minimum atomic E-state index is -0.671. The van der Waals surface area contributed by atoms with E-state index in [2.05, 4.69) is 15.9 Å². The number of amides is 4. The second kappa shape index (κ2) is 10.5. The van der Waals surface area contributed by atoms with Crippen LogP contribution >= 0.6 is 15.9 Å². The number of carbonyl (C=O) groups is 3. The molecule has 1 fully saturated rings. The lowest BCUT2D eigenvalue weighted by Crippen LogP contribution is -2.52. The van der Waals surface area contributed by atoms with Crippen LogP contribution in [0.4, 0.5) is 4.79 Å². The minimum absolute atomic E-state index is 0.116. The number of halogens is 1. The molecule has 33 heavy (non-hydrogen) atoms. The number of nitrogens with zero attached hydrogens (tertiary/aromatic N) is 2. The third-order valence-corrected chi connectivity index (χ3v) is 5.56. The molecule has 2 aromatic rings. The number of barbiturate groups is 1. The first kappa shape index (κ1) is 24.3. The van der Waals surface area contributed by atoms with Crippen molar-refractivity contribution in [3.63, 3.8) is 0 Å².